The Kier molecular flexibility index (Phi) is 5.95. The van der Waals surface area contributed by atoms with E-state index in [4.69, 9.17) is 14.7 Å². The molecule has 1 heterocycles. The van der Waals surface area contributed by atoms with Crippen molar-refractivity contribution in [1.82, 2.24) is 4.90 Å². The molecule has 0 spiro atoms. The summed E-state index contributed by atoms with van der Waals surface area (Å²) in [5.74, 6) is -0.187. The molecule has 96 valence electrons. The molecule has 0 aromatic rings. The second-order valence-electron chi connectivity index (χ2n) is 4.04. The van der Waals surface area contributed by atoms with Crippen molar-refractivity contribution >= 4 is 5.97 Å². The van der Waals surface area contributed by atoms with Crippen LogP contribution in [0.5, 0.6) is 0 Å². The highest BCUT2D eigenvalue weighted by molar-refractivity contribution is 5.75. The van der Waals surface area contributed by atoms with Crippen LogP contribution in [0.3, 0.4) is 0 Å². The van der Waals surface area contributed by atoms with E-state index in [0.29, 0.717) is 26.3 Å². The molecule has 1 aliphatic rings. The SMILES string of the molecule is CCCC(C(=O)OCC)N1CCOC(C#N)C1. The Morgan fingerprint density at radius 2 is 2.41 bits per heavy atom. The van der Waals surface area contributed by atoms with E-state index in [2.05, 4.69) is 6.07 Å². The fraction of sp³-hybridized carbons (Fsp3) is 0.833. The highest BCUT2D eigenvalue weighted by Crippen LogP contribution is 2.14. The van der Waals surface area contributed by atoms with Crippen LogP contribution in [0.1, 0.15) is 26.7 Å². The Bertz CT molecular complexity index is 288. The lowest BCUT2D eigenvalue weighted by Crippen LogP contribution is -2.50. The van der Waals surface area contributed by atoms with Gasteiger partial charge >= 0.3 is 5.97 Å². The standard InChI is InChI=1S/C12H20N2O3/c1-3-5-11(12(15)16-4-2)14-6-7-17-10(8-13)9-14/h10-11H,3-7,9H2,1-2H3. The van der Waals surface area contributed by atoms with Gasteiger partial charge < -0.3 is 9.47 Å². The third-order valence-electron chi connectivity index (χ3n) is 2.80. The molecule has 1 aliphatic heterocycles. The minimum Gasteiger partial charge on any atom is -0.465 e. The van der Waals surface area contributed by atoms with Crippen molar-refractivity contribution < 1.29 is 14.3 Å². The molecule has 0 aliphatic carbocycles. The van der Waals surface area contributed by atoms with E-state index in [9.17, 15) is 4.79 Å². The van der Waals surface area contributed by atoms with Crippen molar-refractivity contribution in [2.24, 2.45) is 0 Å². The van der Waals surface area contributed by atoms with Crippen LogP contribution in [0, 0.1) is 11.3 Å². The average Bonchev–Trinajstić information content (AvgIpc) is 2.36. The van der Waals surface area contributed by atoms with Crippen LogP contribution < -0.4 is 0 Å². The minimum atomic E-state index is -0.433. The Morgan fingerprint density at radius 1 is 1.65 bits per heavy atom. The molecule has 17 heavy (non-hydrogen) atoms. The summed E-state index contributed by atoms with van der Waals surface area (Å²) in [6.45, 7) is 5.90. The van der Waals surface area contributed by atoms with E-state index in [1.54, 1.807) is 6.92 Å². The van der Waals surface area contributed by atoms with Crippen molar-refractivity contribution in [3.8, 4) is 6.07 Å². The first-order valence-corrected chi connectivity index (χ1v) is 6.14. The fourth-order valence-corrected chi connectivity index (χ4v) is 1.99. The maximum absolute atomic E-state index is 11.8. The van der Waals surface area contributed by atoms with Gasteiger partial charge in [-0.15, -0.1) is 0 Å². The normalized spacial score (nSPS) is 22.8. The summed E-state index contributed by atoms with van der Waals surface area (Å²) in [6.07, 6.45) is 1.24. The first-order chi connectivity index (χ1) is 8.22. The van der Waals surface area contributed by atoms with Crippen LogP contribution in [0.25, 0.3) is 0 Å². The van der Waals surface area contributed by atoms with Gasteiger partial charge in [0.15, 0.2) is 6.10 Å². The molecule has 0 N–H and O–H groups in total. The van der Waals surface area contributed by atoms with Gasteiger partial charge in [-0.25, -0.2) is 0 Å². The fourth-order valence-electron chi connectivity index (χ4n) is 1.99. The van der Waals surface area contributed by atoms with Crippen LogP contribution in [-0.4, -0.2) is 49.3 Å². The predicted molar refractivity (Wildman–Crippen MR) is 62.3 cm³/mol. The van der Waals surface area contributed by atoms with Crippen molar-refractivity contribution in [1.29, 1.82) is 5.26 Å². The highest BCUT2D eigenvalue weighted by atomic mass is 16.5. The maximum Gasteiger partial charge on any atom is 0.323 e. The summed E-state index contributed by atoms with van der Waals surface area (Å²) in [5, 5.41) is 8.84. The van der Waals surface area contributed by atoms with Gasteiger partial charge in [-0.05, 0) is 13.3 Å². The van der Waals surface area contributed by atoms with E-state index in [1.165, 1.54) is 0 Å². The van der Waals surface area contributed by atoms with Crippen LogP contribution in [0.4, 0.5) is 0 Å². The molecular formula is C12H20N2O3. The number of nitrogens with zero attached hydrogens (tertiary/aromatic N) is 2. The molecule has 5 heteroatoms. The van der Waals surface area contributed by atoms with Gasteiger partial charge in [0, 0.05) is 13.1 Å². The van der Waals surface area contributed by atoms with E-state index in [1.807, 2.05) is 11.8 Å². The number of ether oxygens (including phenoxy) is 2. The Labute approximate surface area is 102 Å². The Morgan fingerprint density at radius 3 is 3.00 bits per heavy atom. The Balaban J connectivity index is 2.62. The Hall–Kier alpha value is -1.12. The third kappa shape index (κ3) is 3.99. The molecule has 0 aromatic carbocycles. The average molecular weight is 240 g/mol. The number of hydrogen-bond donors (Lipinski definition) is 0. The summed E-state index contributed by atoms with van der Waals surface area (Å²) in [7, 11) is 0. The lowest BCUT2D eigenvalue weighted by Gasteiger charge is -2.34. The lowest BCUT2D eigenvalue weighted by molar-refractivity contribution is -0.152. The number of morpholine rings is 1. The number of nitriles is 1. The molecular weight excluding hydrogens is 220 g/mol. The first-order valence-electron chi connectivity index (χ1n) is 6.14. The smallest absolute Gasteiger partial charge is 0.323 e. The summed E-state index contributed by atoms with van der Waals surface area (Å²) in [6, 6.07) is 1.85. The molecule has 0 radical (unpaired) electrons. The zero-order valence-electron chi connectivity index (χ0n) is 10.5. The van der Waals surface area contributed by atoms with Gasteiger partial charge in [-0.1, -0.05) is 13.3 Å². The summed E-state index contributed by atoms with van der Waals surface area (Å²) < 4.78 is 10.3. The number of hydrogen-bond acceptors (Lipinski definition) is 5. The summed E-state index contributed by atoms with van der Waals surface area (Å²) in [5.41, 5.74) is 0. The highest BCUT2D eigenvalue weighted by Gasteiger charge is 2.31. The van der Waals surface area contributed by atoms with E-state index in [-0.39, 0.29) is 12.0 Å². The third-order valence-corrected chi connectivity index (χ3v) is 2.80. The number of carbonyl (C=O) groups is 1. The van der Waals surface area contributed by atoms with Crippen molar-refractivity contribution in [3.05, 3.63) is 0 Å². The molecule has 5 nitrogen and oxygen atoms in total. The zero-order chi connectivity index (χ0) is 12.7. The second kappa shape index (κ2) is 7.25. The van der Waals surface area contributed by atoms with Crippen molar-refractivity contribution in [2.75, 3.05) is 26.3 Å². The molecule has 1 saturated heterocycles. The molecule has 2 atom stereocenters. The quantitative estimate of drug-likeness (QED) is 0.669. The molecule has 0 amide bonds. The van der Waals surface area contributed by atoms with Gasteiger partial charge in [0.25, 0.3) is 0 Å². The number of carbonyl (C=O) groups excluding carboxylic acids is 1. The van der Waals surface area contributed by atoms with Crippen molar-refractivity contribution in [2.45, 2.75) is 38.8 Å². The van der Waals surface area contributed by atoms with E-state index in [0.717, 1.165) is 12.8 Å². The first kappa shape index (κ1) is 13.9. The van der Waals surface area contributed by atoms with Gasteiger partial charge in [0.2, 0.25) is 0 Å². The molecule has 0 bridgehead atoms. The van der Waals surface area contributed by atoms with Crippen LogP contribution in [-0.2, 0) is 14.3 Å². The van der Waals surface area contributed by atoms with Crippen molar-refractivity contribution in [3.63, 3.8) is 0 Å². The number of esters is 1. The molecule has 2 unspecified atom stereocenters. The topological polar surface area (TPSA) is 62.6 Å². The van der Waals surface area contributed by atoms with Gasteiger partial charge in [-0.2, -0.15) is 5.26 Å². The summed E-state index contributed by atoms with van der Waals surface area (Å²) >= 11 is 0. The molecule has 1 fully saturated rings. The number of rotatable bonds is 5. The van der Waals surface area contributed by atoms with Crippen LogP contribution in [0.15, 0.2) is 0 Å². The molecule has 0 aromatic heterocycles. The lowest BCUT2D eigenvalue weighted by atomic mass is 10.1. The van der Waals surface area contributed by atoms with Crippen LogP contribution >= 0.6 is 0 Å². The summed E-state index contributed by atoms with van der Waals surface area (Å²) in [4.78, 5) is 13.8. The molecule has 0 saturated carbocycles. The largest absolute Gasteiger partial charge is 0.465 e. The predicted octanol–water partition coefficient (Wildman–Crippen LogP) is 0.943. The zero-order valence-corrected chi connectivity index (χ0v) is 10.5. The van der Waals surface area contributed by atoms with E-state index < -0.39 is 6.10 Å². The minimum absolute atomic E-state index is 0.187. The van der Waals surface area contributed by atoms with Gasteiger partial charge in [-0.3, -0.25) is 9.69 Å². The van der Waals surface area contributed by atoms with Gasteiger partial charge in [0.05, 0.1) is 19.3 Å². The second-order valence-corrected chi connectivity index (χ2v) is 4.04. The molecule has 1 rings (SSSR count). The monoisotopic (exact) mass is 240 g/mol. The van der Waals surface area contributed by atoms with Crippen LogP contribution in [0.2, 0.25) is 0 Å². The van der Waals surface area contributed by atoms with E-state index >= 15 is 0 Å². The van der Waals surface area contributed by atoms with Gasteiger partial charge in [0.1, 0.15) is 6.04 Å². The maximum atomic E-state index is 11.8.